The van der Waals surface area contributed by atoms with Crippen molar-refractivity contribution >= 4 is 0 Å². The van der Waals surface area contributed by atoms with Crippen LogP contribution in [0.3, 0.4) is 0 Å². The maximum Gasteiger partial charge on any atom is 0.0682 e. The first kappa shape index (κ1) is 22.3. The molecule has 2 aliphatic carbocycles. The summed E-state index contributed by atoms with van der Waals surface area (Å²) in [5, 5.41) is 0. The predicted molar refractivity (Wildman–Crippen MR) is 115 cm³/mol. The first-order valence-corrected chi connectivity index (χ1v) is 12.4. The molecule has 0 spiro atoms. The van der Waals surface area contributed by atoms with Crippen molar-refractivity contribution in [2.45, 2.75) is 141 Å². The summed E-state index contributed by atoms with van der Waals surface area (Å²) in [4.78, 5) is 0. The third-order valence-electron chi connectivity index (χ3n) is 7.35. The third kappa shape index (κ3) is 8.32. The average Bonchev–Trinajstić information content (AvgIpc) is 2.68. The van der Waals surface area contributed by atoms with Gasteiger partial charge in [0, 0.05) is 6.61 Å². The zero-order chi connectivity index (χ0) is 18.5. The lowest BCUT2D eigenvalue weighted by Crippen LogP contribution is -2.35. The highest BCUT2D eigenvalue weighted by Crippen LogP contribution is 2.37. The van der Waals surface area contributed by atoms with Crippen molar-refractivity contribution in [1.29, 1.82) is 0 Å². The molecule has 1 heteroatoms. The summed E-state index contributed by atoms with van der Waals surface area (Å²) < 4.78 is 6.59. The van der Waals surface area contributed by atoms with Gasteiger partial charge in [-0.05, 0) is 43.9 Å². The van der Waals surface area contributed by atoms with Gasteiger partial charge in [0.2, 0.25) is 0 Å². The minimum Gasteiger partial charge on any atom is -0.375 e. The summed E-state index contributed by atoms with van der Waals surface area (Å²) in [5.41, 5.74) is 0.268. The van der Waals surface area contributed by atoms with Crippen LogP contribution in [-0.2, 0) is 4.74 Å². The molecule has 2 rings (SSSR count). The van der Waals surface area contributed by atoms with Crippen molar-refractivity contribution in [3.63, 3.8) is 0 Å². The fraction of sp³-hybridized carbons (Fsp3) is 1.00. The van der Waals surface area contributed by atoms with Gasteiger partial charge in [-0.15, -0.1) is 0 Å². The molecule has 26 heavy (non-hydrogen) atoms. The van der Waals surface area contributed by atoms with Gasteiger partial charge < -0.3 is 4.74 Å². The molecular weight excluding hydrogens is 316 g/mol. The number of hydrogen-bond acceptors (Lipinski definition) is 1. The van der Waals surface area contributed by atoms with Crippen LogP contribution in [0.4, 0.5) is 0 Å². The molecule has 0 aromatic heterocycles. The van der Waals surface area contributed by atoms with Gasteiger partial charge in [0.05, 0.1) is 5.60 Å². The normalized spacial score (nSPS) is 26.1. The third-order valence-corrected chi connectivity index (χ3v) is 7.35. The topological polar surface area (TPSA) is 9.23 Å². The van der Waals surface area contributed by atoms with E-state index in [1.54, 1.807) is 0 Å². The van der Waals surface area contributed by atoms with Gasteiger partial charge in [0.1, 0.15) is 0 Å². The number of ether oxygens (including phenoxy) is 1. The Morgan fingerprint density at radius 2 is 1.27 bits per heavy atom. The highest BCUT2D eigenvalue weighted by Gasteiger charge is 2.32. The van der Waals surface area contributed by atoms with Gasteiger partial charge in [0.15, 0.2) is 0 Å². The number of unbranched alkanes of at least 4 members (excludes halogenated alkanes) is 4. The Bertz CT molecular complexity index is 323. The van der Waals surface area contributed by atoms with Crippen LogP contribution in [0.2, 0.25) is 0 Å². The van der Waals surface area contributed by atoms with Crippen molar-refractivity contribution in [1.82, 2.24) is 0 Å². The molecule has 0 bridgehead atoms. The van der Waals surface area contributed by atoms with Crippen LogP contribution in [0.25, 0.3) is 0 Å². The molecule has 1 nitrogen and oxygen atoms in total. The Morgan fingerprint density at radius 3 is 1.88 bits per heavy atom. The van der Waals surface area contributed by atoms with E-state index in [4.69, 9.17) is 4.74 Å². The second-order valence-electron chi connectivity index (χ2n) is 9.57. The molecule has 0 atom stereocenters. The molecule has 0 N–H and O–H groups in total. The van der Waals surface area contributed by atoms with Gasteiger partial charge in [-0.2, -0.15) is 0 Å². The number of hydrogen-bond donors (Lipinski definition) is 0. The maximum atomic E-state index is 6.59. The van der Waals surface area contributed by atoms with E-state index in [1.807, 2.05) is 0 Å². The van der Waals surface area contributed by atoms with Gasteiger partial charge in [-0.25, -0.2) is 0 Å². The maximum absolute atomic E-state index is 6.59. The van der Waals surface area contributed by atoms with Gasteiger partial charge in [-0.3, -0.25) is 0 Å². The lowest BCUT2D eigenvalue weighted by Gasteiger charge is -2.38. The van der Waals surface area contributed by atoms with Crippen LogP contribution >= 0.6 is 0 Å². The first-order chi connectivity index (χ1) is 12.8. The molecule has 0 aromatic rings. The second-order valence-corrected chi connectivity index (χ2v) is 9.57. The molecule has 0 heterocycles. The summed E-state index contributed by atoms with van der Waals surface area (Å²) in [6, 6.07) is 0. The SMILES string of the molecule is CCCCCC1CCC(CCCOC2(CCCCC)CCCCC2)CC1. The minimum atomic E-state index is 0.268. The Labute approximate surface area is 165 Å². The molecule has 2 saturated carbocycles. The zero-order valence-corrected chi connectivity index (χ0v) is 18.2. The smallest absolute Gasteiger partial charge is 0.0682 e. The standard InChI is InChI=1S/C25H48O/c1-3-5-8-13-23-15-17-24(18-16-23)14-12-22-26-25(19-9-6-4-2)20-10-7-11-21-25/h23-24H,3-22H2,1-2H3. The van der Waals surface area contributed by atoms with Crippen LogP contribution < -0.4 is 0 Å². The molecule has 2 fully saturated rings. The van der Waals surface area contributed by atoms with E-state index < -0.39 is 0 Å². The summed E-state index contributed by atoms with van der Waals surface area (Å²) in [5.74, 6) is 2.06. The molecule has 154 valence electrons. The fourth-order valence-corrected chi connectivity index (χ4v) is 5.51. The monoisotopic (exact) mass is 364 g/mol. The summed E-state index contributed by atoms with van der Waals surface area (Å²) >= 11 is 0. The van der Waals surface area contributed by atoms with Crippen LogP contribution in [-0.4, -0.2) is 12.2 Å². The molecule has 0 radical (unpaired) electrons. The Kier molecular flexibility index (Phi) is 11.3. The lowest BCUT2D eigenvalue weighted by molar-refractivity contribution is -0.0791. The molecule has 2 aliphatic rings. The Balaban J connectivity index is 1.58. The van der Waals surface area contributed by atoms with Gasteiger partial charge >= 0.3 is 0 Å². The summed E-state index contributed by atoms with van der Waals surface area (Å²) in [6.07, 6.45) is 26.8. The van der Waals surface area contributed by atoms with Crippen LogP contribution in [0.15, 0.2) is 0 Å². The van der Waals surface area contributed by atoms with Crippen molar-refractivity contribution in [3.8, 4) is 0 Å². The quantitative estimate of drug-likeness (QED) is 0.298. The van der Waals surface area contributed by atoms with Crippen LogP contribution in [0, 0.1) is 11.8 Å². The molecule has 0 aliphatic heterocycles. The largest absolute Gasteiger partial charge is 0.375 e. The van der Waals surface area contributed by atoms with Crippen molar-refractivity contribution in [3.05, 3.63) is 0 Å². The zero-order valence-electron chi connectivity index (χ0n) is 18.2. The van der Waals surface area contributed by atoms with E-state index in [0.717, 1.165) is 18.4 Å². The minimum absolute atomic E-state index is 0.268. The Morgan fingerprint density at radius 1 is 0.692 bits per heavy atom. The Hall–Kier alpha value is -0.0400. The average molecular weight is 365 g/mol. The summed E-state index contributed by atoms with van der Waals surface area (Å²) in [7, 11) is 0. The van der Waals surface area contributed by atoms with E-state index in [1.165, 1.54) is 122 Å². The predicted octanol–water partition coefficient (Wildman–Crippen LogP) is 8.45. The highest BCUT2D eigenvalue weighted by molar-refractivity contribution is 4.84. The lowest BCUT2D eigenvalue weighted by atomic mass is 9.78. The van der Waals surface area contributed by atoms with Crippen molar-refractivity contribution in [2.75, 3.05) is 6.61 Å². The van der Waals surface area contributed by atoms with Crippen molar-refractivity contribution in [2.24, 2.45) is 11.8 Å². The molecule has 0 saturated heterocycles. The molecule has 0 amide bonds. The van der Waals surface area contributed by atoms with Gasteiger partial charge in [0.25, 0.3) is 0 Å². The fourth-order valence-electron chi connectivity index (χ4n) is 5.51. The van der Waals surface area contributed by atoms with E-state index in [-0.39, 0.29) is 5.60 Å². The van der Waals surface area contributed by atoms with Crippen molar-refractivity contribution < 1.29 is 4.74 Å². The van der Waals surface area contributed by atoms with Gasteiger partial charge in [-0.1, -0.05) is 104 Å². The molecule has 0 unspecified atom stereocenters. The molecular formula is C25H48O. The van der Waals surface area contributed by atoms with Crippen LogP contribution in [0.5, 0.6) is 0 Å². The summed E-state index contributed by atoms with van der Waals surface area (Å²) in [6.45, 7) is 5.66. The first-order valence-electron chi connectivity index (χ1n) is 12.4. The van der Waals surface area contributed by atoms with E-state index in [9.17, 15) is 0 Å². The van der Waals surface area contributed by atoms with E-state index in [2.05, 4.69) is 13.8 Å². The molecule has 0 aromatic carbocycles. The van der Waals surface area contributed by atoms with E-state index >= 15 is 0 Å². The highest BCUT2D eigenvalue weighted by atomic mass is 16.5. The van der Waals surface area contributed by atoms with Crippen LogP contribution in [0.1, 0.15) is 136 Å². The number of rotatable bonds is 13. The van der Waals surface area contributed by atoms with E-state index in [0.29, 0.717) is 0 Å². The second kappa shape index (κ2) is 13.2.